The van der Waals surface area contributed by atoms with Gasteiger partial charge in [-0.15, -0.1) is 12.4 Å². The van der Waals surface area contributed by atoms with Crippen molar-refractivity contribution in [2.24, 2.45) is 5.73 Å². The van der Waals surface area contributed by atoms with Gasteiger partial charge in [0.15, 0.2) is 0 Å². The molecule has 1 aliphatic rings. The minimum absolute atomic E-state index is 0. The molecule has 0 saturated heterocycles. The van der Waals surface area contributed by atoms with Gasteiger partial charge in [0.05, 0.1) is 13.0 Å². The van der Waals surface area contributed by atoms with Gasteiger partial charge in [0.25, 0.3) is 0 Å². The van der Waals surface area contributed by atoms with Crippen LogP contribution in [-0.2, 0) is 27.2 Å². The Balaban J connectivity index is 0.00000306. The Hall–Kier alpha value is -3.42. The average molecular weight is 471 g/mol. The molecule has 1 aliphatic heterocycles. The summed E-state index contributed by atoms with van der Waals surface area (Å²) in [7, 11) is 1.30. The molecular formula is C25H24ClFN2O4. The number of halogens is 2. The van der Waals surface area contributed by atoms with Crippen molar-refractivity contribution in [3.8, 4) is 11.5 Å². The molecular weight excluding hydrogens is 447 g/mol. The Morgan fingerprint density at radius 2 is 1.79 bits per heavy atom. The summed E-state index contributed by atoms with van der Waals surface area (Å²) in [4.78, 5) is 23.8. The highest BCUT2D eigenvalue weighted by atomic mass is 35.5. The van der Waals surface area contributed by atoms with Gasteiger partial charge in [0.2, 0.25) is 5.91 Å². The molecule has 1 unspecified atom stereocenters. The number of fused-ring (bicyclic) bond motifs is 1. The smallest absolute Gasteiger partial charge is 0.322 e. The summed E-state index contributed by atoms with van der Waals surface area (Å²) in [6.07, 6.45) is 0.609. The summed E-state index contributed by atoms with van der Waals surface area (Å²) in [5.41, 5.74) is 8.73. The van der Waals surface area contributed by atoms with E-state index in [4.69, 9.17) is 10.5 Å². The molecule has 33 heavy (non-hydrogen) atoms. The number of carbonyl (C=O) groups excluding carboxylic acids is 2. The van der Waals surface area contributed by atoms with Crippen LogP contribution in [-0.4, -0.2) is 25.0 Å². The topological polar surface area (TPSA) is 90.7 Å². The van der Waals surface area contributed by atoms with Crippen molar-refractivity contribution in [3.63, 3.8) is 0 Å². The second-order valence-electron chi connectivity index (χ2n) is 7.67. The van der Waals surface area contributed by atoms with Crippen LogP contribution >= 0.6 is 12.4 Å². The first-order valence-corrected chi connectivity index (χ1v) is 10.2. The van der Waals surface area contributed by atoms with Crippen LogP contribution in [0.4, 0.5) is 10.1 Å². The van der Waals surface area contributed by atoms with E-state index in [9.17, 15) is 14.0 Å². The number of para-hydroxylation sites is 1. The lowest BCUT2D eigenvalue weighted by Crippen LogP contribution is -2.33. The number of amides is 1. The molecule has 1 heterocycles. The van der Waals surface area contributed by atoms with E-state index in [0.717, 1.165) is 16.8 Å². The summed E-state index contributed by atoms with van der Waals surface area (Å²) in [5.74, 6) is -0.577. The predicted octanol–water partition coefficient (Wildman–Crippen LogP) is 4.36. The molecule has 1 amide bonds. The standard InChI is InChI=1S/C25H23FN2O4.ClH/c1-31-25(30)22(27)12-15-6-9-17(10-7-15)32-18-11-8-16(21(26)14-18)13-20-19-4-2-3-5-23(19)28-24(20)29;/h2-11,14,20,22H,12-13,27H2,1H3,(H,28,29);1H/t20?,22-;/m1./s1. The highest BCUT2D eigenvalue weighted by Crippen LogP contribution is 2.35. The Kier molecular flexibility index (Phi) is 7.68. The van der Waals surface area contributed by atoms with Crippen LogP contribution in [0.25, 0.3) is 0 Å². The second kappa shape index (κ2) is 10.5. The van der Waals surface area contributed by atoms with Crippen LogP contribution < -0.4 is 15.8 Å². The molecule has 0 aromatic heterocycles. The SMILES string of the molecule is COC(=O)[C@H](N)Cc1ccc(Oc2ccc(CC3C(=O)Nc4ccccc43)c(F)c2)cc1.Cl. The van der Waals surface area contributed by atoms with Crippen molar-refractivity contribution in [1.29, 1.82) is 0 Å². The molecule has 3 N–H and O–H groups in total. The Bertz CT molecular complexity index is 1150. The maximum Gasteiger partial charge on any atom is 0.322 e. The van der Waals surface area contributed by atoms with Gasteiger partial charge in [-0.25, -0.2) is 4.39 Å². The Labute approximate surface area is 197 Å². The van der Waals surface area contributed by atoms with E-state index in [1.807, 2.05) is 24.3 Å². The summed E-state index contributed by atoms with van der Waals surface area (Å²) in [6.45, 7) is 0. The predicted molar refractivity (Wildman–Crippen MR) is 125 cm³/mol. The van der Waals surface area contributed by atoms with Gasteiger partial charge in [-0.05, 0) is 53.8 Å². The van der Waals surface area contributed by atoms with Crippen LogP contribution in [0, 0.1) is 5.82 Å². The monoisotopic (exact) mass is 470 g/mol. The number of hydrogen-bond acceptors (Lipinski definition) is 5. The van der Waals surface area contributed by atoms with Gasteiger partial charge in [0, 0.05) is 11.8 Å². The normalized spacial score (nSPS) is 15.1. The summed E-state index contributed by atoms with van der Waals surface area (Å²) in [5, 5.41) is 2.84. The summed E-state index contributed by atoms with van der Waals surface area (Å²) >= 11 is 0. The maximum atomic E-state index is 14.8. The lowest BCUT2D eigenvalue weighted by molar-refractivity contribution is -0.142. The number of benzene rings is 3. The van der Waals surface area contributed by atoms with Crippen molar-refractivity contribution >= 4 is 30.0 Å². The third-order valence-corrected chi connectivity index (χ3v) is 5.48. The zero-order valence-corrected chi connectivity index (χ0v) is 18.7. The van der Waals surface area contributed by atoms with E-state index in [1.54, 1.807) is 36.4 Å². The number of methoxy groups -OCH3 is 1. The van der Waals surface area contributed by atoms with Crippen LogP contribution in [0.5, 0.6) is 11.5 Å². The molecule has 0 bridgehead atoms. The highest BCUT2D eigenvalue weighted by molar-refractivity contribution is 6.03. The Morgan fingerprint density at radius 1 is 1.09 bits per heavy atom. The zero-order chi connectivity index (χ0) is 22.7. The molecule has 0 aliphatic carbocycles. The number of nitrogens with two attached hydrogens (primary N) is 1. The van der Waals surface area contributed by atoms with Crippen LogP contribution in [0.2, 0.25) is 0 Å². The lowest BCUT2D eigenvalue weighted by atomic mass is 9.93. The van der Waals surface area contributed by atoms with Crippen molar-refractivity contribution in [1.82, 2.24) is 0 Å². The number of esters is 1. The summed E-state index contributed by atoms with van der Waals surface area (Å²) in [6, 6.07) is 18.4. The number of ether oxygens (including phenoxy) is 2. The first-order chi connectivity index (χ1) is 15.4. The molecule has 0 fully saturated rings. The molecule has 0 radical (unpaired) electrons. The largest absolute Gasteiger partial charge is 0.468 e. The van der Waals surface area contributed by atoms with Crippen molar-refractivity contribution in [3.05, 3.63) is 89.2 Å². The molecule has 3 aromatic rings. The van der Waals surface area contributed by atoms with Crippen LogP contribution in [0.15, 0.2) is 66.7 Å². The lowest BCUT2D eigenvalue weighted by Gasteiger charge is -2.12. The van der Waals surface area contributed by atoms with Crippen LogP contribution in [0.1, 0.15) is 22.6 Å². The van der Waals surface area contributed by atoms with Crippen molar-refractivity contribution in [2.75, 3.05) is 12.4 Å². The van der Waals surface area contributed by atoms with E-state index >= 15 is 0 Å². The summed E-state index contributed by atoms with van der Waals surface area (Å²) < 4.78 is 25.1. The van der Waals surface area contributed by atoms with Gasteiger partial charge in [0.1, 0.15) is 23.4 Å². The van der Waals surface area contributed by atoms with E-state index in [2.05, 4.69) is 10.1 Å². The fourth-order valence-corrected chi connectivity index (χ4v) is 3.77. The van der Waals surface area contributed by atoms with E-state index in [0.29, 0.717) is 23.5 Å². The first-order valence-electron chi connectivity index (χ1n) is 10.2. The molecule has 3 aromatic carbocycles. The van der Waals surface area contributed by atoms with E-state index < -0.39 is 23.7 Å². The zero-order valence-electron chi connectivity index (χ0n) is 17.9. The molecule has 0 spiro atoms. The quantitative estimate of drug-likeness (QED) is 0.501. The number of carbonyl (C=O) groups is 2. The fourth-order valence-electron chi connectivity index (χ4n) is 3.77. The number of nitrogens with one attached hydrogen (secondary N) is 1. The minimum atomic E-state index is -0.734. The first kappa shape index (κ1) is 24.2. The third-order valence-electron chi connectivity index (χ3n) is 5.48. The maximum absolute atomic E-state index is 14.8. The molecule has 8 heteroatoms. The minimum Gasteiger partial charge on any atom is -0.468 e. The Morgan fingerprint density at radius 3 is 2.48 bits per heavy atom. The van der Waals surface area contributed by atoms with Gasteiger partial charge in [-0.3, -0.25) is 9.59 Å². The molecule has 2 atom stereocenters. The van der Waals surface area contributed by atoms with Gasteiger partial charge < -0.3 is 20.5 Å². The van der Waals surface area contributed by atoms with E-state index in [1.165, 1.54) is 13.2 Å². The third kappa shape index (κ3) is 5.50. The second-order valence-corrected chi connectivity index (χ2v) is 7.67. The fraction of sp³-hybridized carbons (Fsp3) is 0.200. The molecule has 4 rings (SSSR count). The van der Waals surface area contributed by atoms with Gasteiger partial charge in [-0.1, -0.05) is 36.4 Å². The molecule has 0 saturated carbocycles. The number of hydrogen-bond donors (Lipinski definition) is 2. The molecule has 172 valence electrons. The molecule has 6 nitrogen and oxygen atoms in total. The number of rotatable bonds is 7. The average Bonchev–Trinajstić information content (AvgIpc) is 3.11. The van der Waals surface area contributed by atoms with E-state index in [-0.39, 0.29) is 24.7 Å². The van der Waals surface area contributed by atoms with Crippen LogP contribution in [0.3, 0.4) is 0 Å². The van der Waals surface area contributed by atoms with Crippen molar-refractivity contribution in [2.45, 2.75) is 24.8 Å². The number of anilines is 1. The highest BCUT2D eigenvalue weighted by Gasteiger charge is 2.30. The van der Waals surface area contributed by atoms with Gasteiger partial charge >= 0.3 is 5.97 Å². The van der Waals surface area contributed by atoms with Crippen molar-refractivity contribution < 1.29 is 23.5 Å². The van der Waals surface area contributed by atoms with Gasteiger partial charge in [-0.2, -0.15) is 0 Å².